The van der Waals surface area contributed by atoms with E-state index in [4.69, 9.17) is 4.42 Å². The van der Waals surface area contributed by atoms with Crippen molar-refractivity contribution in [2.45, 2.75) is 0 Å². The lowest BCUT2D eigenvalue weighted by molar-refractivity contribution is 0.669. The summed E-state index contributed by atoms with van der Waals surface area (Å²) in [4.78, 5) is 2.39. The fourth-order valence-electron chi connectivity index (χ4n) is 7.70. The third-order valence-electron chi connectivity index (χ3n) is 10.5. The van der Waals surface area contributed by atoms with Crippen LogP contribution in [-0.4, -0.2) is 0 Å². The number of nitrogens with zero attached hydrogens (tertiary/aromatic N) is 1. The van der Waals surface area contributed by atoms with Crippen LogP contribution in [0.4, 0.5) is 17.1 Å². The molecule has 10 rings (SSSR count). The molecule has 1 heterocycles. The van der Waals surface area contributed by atoms with Gasteiger partial charge in [-0.05, 0) is 98.4 Å². The van der Waals surface area contributed by atoms with E-state index in [9.17, 15) is 0 Å². The highest BCUT2D eigenvalue weighted by Crippen LogP contribution is 2.43. The first-order valence-electron chi connectivity index (χ1n) is 18.4. The third-order valence-corrected chi connectivity index (χ3v) is 10.5. The summed E-state index contributed by atoms with van der Waals surface area (Å²) in [7, 11) is 0. The SMILES string of the molecule is c1ccc(-c2ccc(-c3ccc(N(c4cccc(-c5ccc(-c6ccccc6)cc5)c4)c4cccc5cc6oc7ccccc7c6cc45)cc3)cc2)cc1. The lowest BCUT2D eigenvalue weighted by atomic mass is 9.98. The van der Waals surface area contributed by atoms with Crippen LogP contribution in [0.1, 0.15) is 0 Å². The summed E-state index contributed by atoms with van der Waals surface area (Å²) >= 11 is 0. The Morgan fingerprint density at radius 3 is 1.41 bits per heavy atom. The smallest absolute Gasteiger partial charge is 0.136 e. The molecule has 2 nitrogen and oxygen atoms in total. The summed E-state index contributed by atoms with van der Waals surface area (Å²) in [5.41, 5.74) is 14.6. The monoisotopic (exact) mass is 689 g/mol. The molecule has 0 radical (unpaired) electrons. The van der Waals surface area contributed by atoms with E-state index in [1.165, 1.54) is 38.9 Å². The van der Waals surface area contributed by atoms with Crippen molar-refractivity contribution in [2.75, 3.05) is 4.90 Å². The molecule has 0 fully saturated rings. The number of hydrogen-bond donors (Lipinski definition) is 0. The number of fused-ring (bicyclic) bond motifs is 4. The molecule has 0 saturated heterocycles. The average Bonchev–Trinajstić information content (AvgIpc) is 3.62. The quantitative estimate of drug-likeness (QED) is 0.166. The molecule has 0 unspecified atom stereocenters. The normalized spacial score (nSPS) is 11.3. The molecule has 0 spiro atoms. The molecule has 0 aliphatic heterocycles. The van der Waals surface area contributed by atoms with Crippen LogP contribution < -0.4 is 4.90 Å². The Hall–Kier alpha value is -7.16. The van der Waals surface area contributed by atoms with Crippen LogP contribution >= 0.6 is 0 Å². The number of hydrogen-bond acceptors (Lipinski definition) is 2. The van der Waals surface area contributed by atoms with Crippen molar-refractivity contribution >= 4 is 49.8 Å². The molecule has 0 N–H and O–H groups in total. The molecule has 54 heavy (non-hydrogen) atoms. The zero-order valence-corrected chi connectivity index (χ0v) is 29.6. The summed E-state index contributed by atoms with van der Waals surface area (Å²) in [5.74, 6) is 0. The van der Waals surface area contributed by atoms with Crippen LogP contribution in [0.5, 0.6) is 0 Å². The molecule has 10 aromatic rings. The van der Waals surface area contributed by atoms with E-state index < -0.39 is 0 Å². The molecular weight excluding hydrogens is 655 g/mol. The number of anilines is 3. The molecule has 0 atom stereocenters. The highest BCUT2D eigenvalue weighted by Gasteiger charge is 2.18. The van der Waals surface area contributed by atoms with Gasteiger partial charge in [0, 0.05) is 27.5 Å². The fourth-order valence-corrected chi connectivity index (χ4v) is 7.70. The second kappa shape index (κ2) is 13.4. The van der Waals surface area contributed by atoms with E-state index in [-0.39, 0.29) is 0 Å². The van der Waals surface area contributed by atoms with Gasteiger partial charge in [-0.2, -0.15) is 0 Å². The van der Waals surface area contributed by atoms with Crippen molar-refractivity contribution in [2.24, 2.45) is 0 Å². The summed E-state index contributed by atoms with van der Waals surface area (Å²) in [6.07, 6.45) is 0. The number of furan rings is 1. The van der Waals surface area contributed by atoms with E-state index in [0.717, 1.165) is 55.3 Å². The highest BCUT2D eigenvalue weighted by atomic mass is 16.3. The van der Waals surface area contributed by atoms with E-state index in [2.05, 4.69) is 205 Å². The molecule has 0 aliphatic rings. The topological polar surface area (TPSA) is 16.4 Å². The van der Waals surface area contributed by atoms with E-state index in [1.54, 1.807) is 0 Å². The van der Waals surface area contributed by atoms with E-state index >= 15 is 0 Å². The van der Waals surface area contributed by atoms with Crippen molar-refractivity contribution in [3.8, 4) is 44.5 Å². The van der Waals surface area contributed by atoms with Gasteiger partial charge in [-0.1, -0.05) is 164 Å². The molecule has 0 bridgehead atoms. The van der Waals surface area contributed by atoms with Gasteiger partial charge in [-0.3, -0.25) is 0 Å². The van der Waals surface area contributed by atoms with Gasteiger partial charge in [-0.25, -0.2) is 0 Å². The first kappa shape index (κ1) is 31.6. The molecule has 0 saturated carbocycles. The predicted molar refractivity (Wildman–Crippen MR) is 228 cm³/mol. The van der Waals surface area contributed by atoms with E-state index in [0.29, 0.717) is 0 Å². The Bertz CT molecular complexity index is 2890. The molecule has 254 valence electrons. The first-order valence-corrected chi connectivity index (χ1v) is 18.4. The minimum atomic E-state index is 0.899. The molecule has 1 aromatic heterocycles. The lowest BCUT2D eigenvalue weighted by Gasteiger charge is -2.27. The minimum absolute atomic E-state index is 0.899. The maximum absolute atomic E-state index is 6.31. The van der Waals surface area contributed by atoms with Gasteiger partial charge in [0.05, 0.1) is 5.69 Å². The first-order chi connectivity index (χ1) is 26.7. The third kappa shape index (κ3) is 5.81. The van der Waals surface area contributed by atoms with E-state index in [1.807, 2.05) is 12.1 Å². The summed E-state index contributed by atoms with van der Waals surface area (Å²) in [6.45, 7) is 0. The Labute approximate surface area is 314 Å². The maximum atomic E-state index is 6.31. The standard InChI is InChI=1S/C52H35NO/c1-3-11-36(12-4-1)38-21-23-40(24-22-38)41-29-31-45(32-30-41)53(46-17-9-15-43(33-46)42-27-25-39(26-28-42)37-13-5-2-6-14-37)50-19-10-16-44-34-52-49(35-48(44)50)47-18-7-8-20-51(47)54-52/h1-35H. The van der Waals surface area contributed by atoms with Gasteiger partial charge in [-0.15, -0.1) is 0 Å². The molecule has 9 aromatic carbocycles. The summed E-state index contributed by atoms with van der Waals surface area (Å²) < 4.78 is 6.31. The van der Waals surface area contributed by atoms with Crippen LogP contribution in [0, 0.1) is 0 Å². The molecule has 0 amide bonds. The second-order valence-electron chi connectivity index (χ2n) is 13.8. The Morgan fingerprint density at radius 2 is 0.778 bits per heavy atom. The predicted octanol–water partition coefficient (Wildman–Crippen LogP) is 14.9. The molecular formula is C52H35NO. The van der Waals surface area contributed by atoms with Gasteiger partial charge in [0.25, 0.3) is 0 Å². The molecule has 2 heteroatoms. The van der Waals surface area contributed by atoms with Crippen LogP contribution in [0.15, 0.2) is 217 Å². The van der Waals surface area contributed by atoms with Gasteiger partial charge in [0.2, 0.25) is 0 Å². The Morgan fingerprint density at radius 1 is 0.278 bits per heavy atom. The average molecular weight is 690 g/mol. The highest BCUT2D eigenvalue weighted by molar-refractivity contribution is 6.13. The minimum Gasteiger partial charge on any atom is -0.456 e. The van der Waals surface area contributed by atoms with Crippen molar-refractivity contribution in [3.63, 3.8) is 0 Å². The zero-order chi connectivity index (χ0) is 35.8. The van der Waals surface area contributed by atoms with Crippen LogP contribution in [0.2, 0.25) is 0 Å². The van der Waals surface area contributed by atoms with Crippen molar-refractivity contribution in [1.29, 1.82) is 0 Å². The fraction of sp³-hybridized carbons (Fsp3) is 0. The number of para-hydroxylation sites is 1. The van der Waals surface area contributed by atoms with Gasteiger partial charge in [0.15, 0.2) is 0 Å². The summed E-state index contributed by atoms with van der Waals surface area (Å²) in [5, 5.41) is 4.54. The van der Waals surface area contributed by atoms with Crippen molar-refractivity contribution in [1.82, 2.24) is 0 Å². The van der Waals surface area contributed by atoms with Gasteiger partial charge < -0.3 is 9.32 Å². The second-order valence-corrected chi connectivity index (χ2v) is 13.8. The molecule has 0 aliphatic carbocycles. The van der Waals surface area contributed by atoms with Crippen LogP contribution in [0.3, 0.4) is 0 Å². The van der Waals surface area contributed by atoms with Gasteiger partial charge >= 0.3 is 0 Å². The summed E-state index contributed by atoms with van der Waals surface area (Å²) in [6, 6.07) is 76.0. The Balaban J connectivity index is 1.08. The zero-order valence-electron chi connectivity index (χ0n) is 29.6. The number of rotatable bonds is 7. The van der Waals surface area contributed by atoms with Gasteiger partial charge in [0.1, 0.15) is 11.2 Å². The van der Waals surface area contributed by atoms with Crippen LogP contribution in [-0.2, 0) is 0 Å². The lowest BCUT2D eigenvalue weighted by Crippen LogP contribution is -2.10. The largest absolute Gasteiger partial charge is 0.456 e. The van der Waals surface area contributed by atoms with Crippen molar-refractivity contribution < 1.29 is 4.42 Å². The number of benzene rings is 9. The maximum Gasteiger partial charge on any atom is 0.136 e. The Kier molecular flexibility index (Phi) is 7.85. The van der Waals surface area contributed by atoms with Crippen LogP contribution in [0.25, 0.3) is 77.2 Å². The van der Waals surface area contributed by atoms with Crippen molar-refractivity contribution in [3.05, 3.63) is 212 Å².